The van der Waals surface area contributed by atoms with Crippen molar-refractivity contribution in [1.82, 2.24) is 15.5 Å². The molecule has 0 spiro atoms. The Hall–Kier alpha value is -3.17. The number of benzene rings is 2. The Bertz CT molecular complexity index is 1070. The Morgan fingerprint density at radius 2 is 2.21 bits per heavy atom. The molecule has 10 heteroatoms. The smallest absolute Gasteiger partial charge is 0.258 e. The van der Waals surface area contributed by atoms with Crippen molar-refractivity contribution in [3.8, 4) is 5.75 Å². The number of phenolic OH excluding ortho intramolecular Hbond substituents is 1. The fourth-order valence-electron chi connectivity index (χ4n) is 2.69. The van der Waals surface area contributed by atoms with Gasteiger partial charge in [-0.1, -0.05) is 17.7 Å². The van der Waals surface area contributed by atoms with Crippen LogP contribution in [-0.2, 0) is 4.74 Å². The van der Waals surface area contributed by atoms with Gasteiger partial charge in [-0.3, -0.25) is 15.2 Å². The molecule has 0 saturated carbocycles. The van der Waals surface area contributed by atoms with E-state index in [4.69, 9.17) is 16.3 Å². The molecule has 3 rings (SSSR count). The molecule has 2 aromatic carbocycles. The Labute approximate surface area is 170 Å². The van der Waals surface area contributed by atoms with Gasteiger partial charge in [0.05, 0.1) is 18.0 Å². The van der Waals surface area contributed by atoms with Crippen LogP contribution >= 0.6 is 11.6 Å². The fourth-order valence-corrected chi connectivity index (χ4v) is 2.88. The summed E-state index contributed by atoms with van der Waals surface area (Å²) in [6.07, 6.45) is 0. The predicted molar refractivity (Wildman–Crippen MR) is 109 cm³/mol. The van der Waals surface area contributed by atoms with E-state index < -0.39 is 11.7 Å². The SMILES string of the molecule is COCC(C)N=C(NC(=O)c1cccc(Cl)c1)Nc1n[nH]c2c(O)ccc(F)c12. The van der Waals surface area contributed by atoms with E-state index in [0.717, 1.165) is 6.07 Å². The predicted octanol–water partition coefficient (Wildman–Crippen LogP) is 3.29. The monoisotopic (exact) mass is 419 g/mol. The number of nitrogens with one attached hydrogen (secondary N) is 3. The number of ether oxygens (including phenoxy) is 1. The molecule has 0 fully saturated rings. The van der Waals surface area contributed by atoms with Gasteiger partial charge in [0.1, 0.15) is 17.1 Å². The highest BCUT2D eigenvalue weighted by Crippen LogP contribution is 2.30. The second kappa shape index (κ2) is 8.89. The number of halogens is 2. The number of amides is 1. The third-order valence-electron chi connectivity index (χ3n) is 3.96. The van der Waals surface area contributed by atoms with Crippen molar-refractivity contribution in [2.24, 2.45) is 4.99 Å². The van der Waals surface area contributed by atoms with Gasteiger partial charge in [0, 0.05) is 17.7 Å². The van der Waals surface area contributed by atoms with E-state index in [1.165, 1.54) is 19.2 Å². The first-order valence-corrected chi connectivity index (χ1v) is 9.03. The Morgan fingerprint density at radius 1 is 1.41 bits per heavy atom. The lowest BCUT2D eigenvalue weighted by Crippen LogP contribution is -2.37. The third kappa shape index (κ3) is 4.82. The van der Waals surface area contributed by atoms with Crippen LogP contribution in [0, 0.1) is 5.82 Å². The molecule has 8 nitrogen and oxygen atoms in total. The molecule has 0 aliphatic heterocycles. The minimum atomic E-state index is -0.598. The molecule has 0 radical (unpaired) electrons. The quantitative estimate of drug-likeness (QED) is 0.374. The highest BCUT2D eigenvalue weighted by atomic mass is 35.5. The summed E-state index contributed by atoms with van der Waals surface area (Å²) in [7, 11) is 1.53. The molecule has 0 aliphatic carbocycles. The van der Waals surface area contributed by atoms with Gasteiger partial charge in [0.25, 0.3) is 5.91 Å². The van der Waals surface area contributed by atoms with Crippen molar-refractivity contribution in [2.75, 3.05) is 19.0 Å². The number of phenols is 1. The standard InChI is InChI=1S/C19H19ClFN5O3/c1-10(9-29-2)22-19(24-18(28)11-4-3-5-12(20)8-11)23-17-15-13(21)6-7-14(27)16(15)25-26-17/h3-8,10,27H,9H2,1-2H3,(H3,22,23,24,25,26,28). The molecule has 3 aromatic rings. The summed E-state index contributed by atoms with van der Waals surface area (Å²) >= 11 is 5.94. The molecule has 1 atom stereocenters. The number of fused-ring (bicyclic) bond motifs is 1. The first-order valence-electron chi connectivity index (χ1n) is 8.65. The van der Waals surface area contributed by atoms with E-state index in [9.17, 15) is 14.3 Å². The highest BCUT2D eigenvalue weighted by Gasteiger charge is 2.17. The maximum absolute atomic E-state index is 14.3. The van der Waals surface area contributed by atoms with E-state index in [0.29, 0.717) is 17.2 Å². The van der Waals surface area contributed by atoms with Crippen LogP contribution < -0.4 is 10.6 Å². The zero-order valence-electron chi connectivity index (χ0n) is 15.7. The number of anilines is 1. The van der Waals surface area contributed by atoms with Gasteiger partial charge in [-0.15, -0.1) is 0 Å². The molecule has 0 saturated heterocycles. The molecule has 152 valence electrons. The second-order valence-electron chi connectivity index (χ2n) is 6.26. The second-order valence-corrected chi connectivity index (χ2v) is 6.70. The number of guanidine groups is 1. The van der Waals surface area contributed by atoms with Crippen LogP contribution in [-0.4, -0.2) is 46.9 Å². The number of aromatic amines is 1. The number of nitrogens with zero attached hydrogens (tertiary/aromatic N) is 2. The molecule has 1 unspecified atom stereocenters. The van der Waals surface area contributed by atoms with Crippen molar-refractivity contribution in [3.63, 3.8) is 0 Å². The molecule has 1 amide bonds. The lowest BCUT2D eigenvalue weighted by atomic mass is 10.2. The maximum Gasteiger partial charge on any atom is 0.258 e. The molecular formula is C19H19ClFN5O3. The number of hydrogen-bond donors (Lipinski definition) is 4. The van der Waals surface area contributed by atoms with Crippen molar-refractivity contribution in [1.29, 1.82) is 0 Å². The fraction of sp³-hybridized carbons (Fsp3) is 0.211. The summed E-state index contributed by atoms with van der Waals surface area (Å²) in [6.45, 7) is 2.08. The average Bonchev–Trinajstić information content (AvgIpc) is 3.10. The first kappa shape index (κ1) is 20.6. The van der Waals surface area contributed by atoms with Crippen LogP contribution in [0.4, 0.5) is 10.2 Å². The molecular weight excluding hydrogens is 401 g/mol. The minimum absolute atomic E-state index is 0.0362. The lowest BCUT2D eigenvalue weighted by molar-refractivity contribution is 0.0976. The van der Waals surface area contributed by atoms with Crippen LogP contribution in [0.2, 0.25) is 5.02 Å². The van der Waals surface area contributed by atoms with Crippen molar-refractivity contribution in [3.05, 3.63) is 52.8 Å². The minimum Gasteiger partial charge on any atom is -0.506 e. The van der Waals surface area contributed by atoms with Crippen LogP contribution in [0.25, 0.3) is 10.9 Å². The molecule has 0 bridgehead atoms. The number of methoxy groups -OCH3 is 1. The van der Waals surface area contributed by atoms with Gasteiger partial charge in [0.15, 0.2) is 5.82 Å². The summed E-state index contributed by atoms with van der Waals surface area (Å²) in [5.74, 6) is -1.12. The normalized spacial score (nSPS) is 12.8. The number of carbonyl (C=O) groups excluding carboxylic acids is 1. The highest BCUT2D eigenvalue weighted by molar-refractivity contribution is 6.31. The number of aromatic nitrogens is 2. The van der Waals surface area contributed by atoms with Crippen LogP contribution in [0.5, 0.6) is 5.75 Å². The third-order valence-corrected chi connectivity index (χ3v) is 4.20. The molecule has 4 N–H and O–H groups in total. The van der Waals surface area contributed by atoms with Gasteiger partial charge in [0.2, 0.25) is 5.96 Å². The van der Waals surface area contributed by atoms with Crippen molar-refractivity contribution in [2.45, 2.75) is 13.0 Å². The summed E-state index contributed by atoms with van der Waals surface area (Å²) in [6, 6.07) is 8.42. The van der Waals surface area contributed by atoms with Gasteiger partial charge in [-0.25, -0.2) is 9.38 Å². The Kier molecular flexibility index (Phi) is 6.30. The number of hydrogen-bond acceptors (Lipinski definition) is 5. The topological polar surface area (TPSA) is 112 Å². The van der Waals surface area contributed by atoms with E-state index in [1.807, 2.05) is 0 Å². The zero-order valence-corrected chi connectivity index (χ0v) is 16.4. The van der Waals surface area contributed by atoms with Gasteiger partial charge in [-0.2, -0.15) is 5.10 Å². The van der Waals surface area contributed by atoms with E-state index in [-0.39, 0.29) is 34.5 Å². The summed E-state index contributed by atoms with van der Waals surface area (Å²) in [5, 5.41) is 22.3. The molecule has 0 aliphatic rings. The average molecular weight is 420 g/mol. The summed E-state index contributed by atoms with van der Waals surface area (Å²) in [4.78, 5) is 17.0. The molecule has 1 aromatic heterocycles. The van der Waals surface area contributed by atoms with Crippen LogP contribution in [0.1, 0.15) is 17.3 Å². The lowest BCUT2D eigenvalue weighted by Gasteiger charge is -2.13. The number of rotatable bonds is 5. The van der Waals surface area contributed by atoms with E-state index in [1.54, 1.807) is 25.1 Å². The first-order chi connectivity index (χ1) is 13.9. The maximum atomic E-state index is 14.3. The van der Waals surface area contributed by atoms with Crippen LogP contribution in [0.15, 0.2) is 41.4 Å². The van der Waals surface area contributed by atoms with Crippen LogP contribution in [0.3, 0.4) is 0 Å². The van der Waals surface area contributed by atoms with Gasteiger partial charge in [-0.05, 0) is 37.3 Å². The number of H-pyrrole nitrogens is 1. The summed E-state index contributed by atoms with van der Waals surface area (Å²) in [5.41, 5.74) is 0.445. The van der Waals surface area contributed by atoms with Crippen molar-refractivity contribution < 1.29 is 19.0 Å². The Morgan fingerprint density at radius 3 is 2.93 bits per heavy atom. The number of aliphatic imine (C=N–C) groups is 1. The number of aromatic hydroxyl groups is 1. The van der Waals surface area contributed by atoms with Gasteiger partial charge >= 0.3 is 0 Å². The van der Waals surface area contributed by atoms with E-state index >= 15 is 0 Å². The zero-order chi connectivity index (χ0) is 21.0. The Balaban J connectivity index is 1.92. The van der Waals surface area contributed by atoms with E-state index in [2.05, 4.69) is 25.8 Å². The largest absolute Gasteiger partial charge is 0.506 e. The number of carbonyl (C=O) groups is 1. The van der Waals surface area contributed by atoms with Crippen molar-refractivity contribution >= 4 is 40.2 Å². The molecule has 29 heavy (non-hydrogen) atoms. The molecule has 1 heterocycles. The summed E-state index contributed by atoms with van der Waals surface area (Å²) < 4.78 is 19.4. The van der Waals surface area contributed by atoms with Gasteiger partial charge < -0.3 is 15.2 Å².